The van der Waals surface area contributed by atoms with E-state index < -0.39 is 85.4 Å². The number of hydrogen-bond acceptors (Lipinski definition) is 13. The van der Waals surface area contributed by atoms with Gasteiger partial charge >= 0.3 is 5.97 Å². The van der Waals surface area contributed by atoms with Gasteiger partial charge in [-0.25, -0.2) is 4.79 Å². The van der Waals surface area contributed by atoms with E-state index in [9.17, 15) is 53.9 Å². The van der Waals surface area contributed by atoms with Gasteiger partial charge in [0.05, 0.1) is 37.3 Å². The van der Waals surface area contributed by atoms with Gasteiger partial charge in [-0.15, -0.1) is 0 Å². The fourth-order valence-corrected chi connectivity index (χ4v) is 4.60. The number of hydrogen-bond donors (Lipinski definition) is 6. The number of nitrogens with zero attached hydrogens (tertiary/aromatic N) is 4. The van der Waals surface area contributed by atoms with Crippen molar-refractivity contribution in [2.45, 2.75) is 20.9 Å². The van der Waals surface area contributed by atoms with E-state index in [1.165, 1.54) is 12.1 Å². The van der Waals surface area contributed by atoms with E-state index in [2.05, 4.69) is 20.5 Å². The van der Waals surface area contributed by atoms with E-state index in [4.69, 9.17) is 5.73 Å². The molecule has 0 amide bonds. The highest BCUT2D eigenvalue weighted by Crippen LogP contribution is 2.37. The number of aromatic carboxylic acids is 1. The van der Waals surface area contributed by atoms with Gasteiger partial charge in [0, 0.05) is 5.56 Å². The summed E-state index contributed by atoms with van der Waals surface area (Å²) in [6, 6.07) is 8.04. The van der Waals surface area contributed by atoms with Gasteiger partial charge in [0.15, 0.2) is 0 Å². The van der Waals surface area contributed by atoms with Crippen LogP contribution in [0.5, 0.6) is 5.75 Å². The van der Waals surface area contributed by atoms with Crippen LogP contribution in [-0.4, -0.2) is 55.1 Å². The molecule has 1 atom stereocenters. The fraction of sp³-hybridized carbons (Fsp3) is 0.0500. The average Bonchev–Trinajstić information content (AvgIpc) is 2.84. The van der Waals surface area contributed by atoms with Crippen LogP contribution in [0.15, 0.2) is 89.7 Å². The number of phenols is 1. The third-order valence-electron chi connectivity index (χ3n) is 4.89. The summed E-state index contributed by atoms with van der Waals surface area (Å²) in [7, 11) is -14.3. The Bertz CT molecular complexity index is 1890. The molecule has 3 rings (SSSR count). The van der Waals surface area contributed by atoms with E-state index in [0.29, 0.717) is 18.2 Å². The van der Waals surface area contributed by atoms with Gasteiger partial charge in [-0.1, -0.05) is 6.07 Å². The van der Waals surface area contributed by atoms with Crippen molar-refractivity contribution in [1.29, 1.82) is 0 Å². The quantitative estimate of drug-likeness (QED) is 0.0874. The van der Waals surface area contributed by atoms with Crippen molar-refractivity contribution in [3.05, 3.63) is 65.7 Å². The predicted octanol–water partition coefficient (Wildman–Crippen LogP) is 2.98. The van der Waals surface area contributed by atoms with E-state index in [1.807, 2.05) is 0 Å². The number of carboxylic acid groups (broad SMARTS) is 1. The summed E-state index contributed by atoms with van der Waals surface area (Å²) in [4.78, 5) is 9.52. The van der Waals surface area contributed by atoms with Crippen LogP contribution in [0.1, 0.15) is 22.1 Å². The number of nitrogens with two attached hydrogens (primary N) is 1. The Morgan fingerprint density at radius 3 is 1.90 bits per heavy atom. The highest BCUT2D eigenvalue weighted by atomic mass is 32.2. The lowest BCUT2D eigenvalue weighted by Crippen LogP contribution is -2.04. The van der Waals surface area contributed by atoms with Gasteiger partial charge in [0.2, 0.25) is 6.17 Å². The third kappa shape index (κ3) is 7.19. The molecule has 0 saturated heterocycles. The standard InChI is InChI=1S/C20H17N5O12S3/c21-16-9-13(40(35,36)37)8-15(18(16)26)19(24-22-10-2-1-3-11(6-10)38(29,30)31)25-23-17-5-4-12(39(32,33)34)7-14(17)20(27)28/h1-9,19,26H,21H2,(H,27,28)(H,29,30,31)(H,32,33,34)(H,35,36,37). The minimum atomic E-state index is -4.88. The van der Waals surface area contributed by atoms with E-state index >= 15 is 0 Å². The number of nitrogen functional groups attached to an aromatic ring is 1. The van der Waals surface area contributed by atoms with Crippen LogP contribution in [-0.2, 0) is 30.4 Å². The summed E-state index contributed by atoms with van der Waals surface area (Å²) in [6.45, 7) is 0. The van der Waals surface area contributed by atoms with E-state index in [-0.39, 0.29) is 5.69 Å². The van der Waals surface area contributed by atoms with Gasteiger partial charge in [-0.05, 0) is 48.5 Å². The minimum Gasteiger partial charge on any atom is -0.505 e. The maximum Gasteiger partial charge on any atom is 0.338 e. The second kappa shape index (κ2) is 11.0. The van der Waals surface area contributed by atoms with E-state index in [0.717, 1.165) is 24.3 Å². The highest BCUT2D eigenvalue weighted by Gasteiger charge is 2.23. The molecule has 0 aliphatic carbocycles. The molecule has 0 heterocycles. The molecule has 0 radical (unpaired) electrons. The first kappa shape index (κ1) is 30.2. The zero-order valence-corrected chi connectivity index (χ0v) is 21.9. The van der Waals surface area contributed by atoms with Crippen molar-refractivity contribution in [3.63, 3.8) is 0 Å². The van der Waals surface area contributed by atoms with E-state index in [1.54, 1.807) is 0 Å². The smallest absolute Gasteiger partial charge is 0.338 e. The topological polar surface area (TPSA) is 296 Å². The fourth-order valence-electron chi connectivity index (χ4n) is 3.02. The SMILES string of the molecule is Nc1cc(S(=O)(=O)O)cc(C(N=Nc2cccc(S(=O)(=O)O)c2)N=Nc2ccc(S(=O)(=O)O)cc2C(=O)O)c1O. The number of anilines is 1. The molecule has 0 aromatic heterocycles. The molecular formula is C20H17N5O12S3. The number of rotatable bonds is 9. The van der Waals surface area contributed by atoms with Crippen LogP contribution >= 0.6 is 0 Å². The molecule has 0 fully saturated rings. The highest BCUT2D eigenvalue weighted by molar-refractivity contribution is 7.86. The second-order valence-electron chi connectivity index (χ2n) is 7.66. The van der Waals surface area contributed by atoms with Crippen LogP contribution in [0.3, 0.4) is 0 Å². The number of phenolic OH excluding ortho intramolecular Hbond substituents is 1. The molecule has 0 saturated carbocycles. The van der Waals surface area contributed by atoms with Crippen molar-refractivity contribution in [1.82, 2.24) is 0 Å². The number of benzene rings is 3. The molecule has 1 unspecified atom stereocenters. The normalized spacial score (nSPS) is 13.6. The number of carbonyl (C=O) groups is 1. The van der Waals surface area contributed by atoms with Crippen molar-refractivity contribution < 1.29 is 53.9 Å². The van der Waals surface area contributed by atoms with Crippen LogP contribution in [0.2, 0.25) is 0 Å². The molecule has 40 heavy (non-hydrogen) atoms. The maximum absolute atomic E-state index is 11.7. The van der Waals surface area contributed by atoms with Gasteiger partial charge in [-0.2, -0.15) is 45.7 Å². The number of azo groups is 2. The molecular weight excluding hydrogens is 598 g/mol. The molecule has 3 aromatic carbocycles. The zero-order valence-electron chi connectivity index (χ0n) is 19.5. The monoisotopic (exact) mass is 615 g/mol. The predicted molar refractivity (Wildman–Crippen MR) is 134 cm³/mol. The van der Waals surface area contributed by atoms with Crippen LogP contribution in [0.25, 0.3) is 0 Å². The Morgan fingerprint density at radius 2 is 1.32 bits per heavy atom. The lowest BCUT2D eigenvalue weighted by Gasteiger charge is -2.12. The van der Waals surface area contributed by atoms with Crippen molar-refractivity contribution in [3.8, 4) is 5.75 Å². The van der Waals surface area contributed by atoms with Gasteiger partial charge in [0.25, 0.3) is 30.4 Å². The van der Waals surface area contributed by atoms with Crippen LogP contribution < -0.4 is 5.73 Å². The molecule has 0 bridgehead atoms. The molecule has 0 aliphatic rings. The number of carboxylic acids is 1. The average molecular weight is 616 g/mol. The number of aromatic hydroxyl groups is 1. The van der Waals surface area contributed by atoms with Crippen molar-refractivity contribution >= 4 is 53.4 Å². The van der Waals surface area contributed by atoms with Gasteiger partial charge < -0.3 is 15.9 Å². The molecule has 0 spiro atoms. The molecule has 3 aromatic rings. The zero-order chi connectivity index (χ0) is 30.0. The summed E-state index contributed by atoms with van der Waals surface area (Å²) in [5.41, 5.74) is 3.16. The Labute approximate surface area is 225 Å². The van der Waals surface area contributed by atoms with Crippen LogP contribution in [0.4, 0.5) is 17.1 Å². The summed E-state index contributed by atoms with van der Waals surface area (Å²) in [5.74, 6) is -2.47. The van der Waals surface area contributed by atoms with Crippen molar-refractivity contribution in [2.75, 3.05) is 5.73 Å². The summed E-state index contributed by atoms with van der Waals surface area (Å²) < 4.78 is 96.8. The van der Waals surface area contributed by atoms with Gasteiger partial charge in [-0.3, -0.25) is 13.7 Å². The minimum absolute atomic E-state index is 0.183. The Kier molecular flexibility index (Phi) is 8.33. The Balaban J connectivity index is 2.21. The summed E-state index contributed by atoms with van der Waals surface area (Å²) in [6.07, 6.45) is -1.83. The lowest BCUT2D eigenvalue weighted by atomic mass is 10.1. The van der Waals surface area contributed by atoms with Crippen molar-refractivity contribution in [2.24, 2.45) is 20.5 Å². The maximum atomic E-state index is 11.7. The van der Waals surface area contributed by atoms with Gasteiger partial charge in [0.1, 0.15) is 5.75 Å². The van der Waals surface area contributed by atoms with Crippen LogP contribution in [0, 0.1) is 0 Å². The third-order valence-corrected chi connectivity index (χ3v) is 7.42. The molecule has 0 aliphatic heterocycles. The lowest BCUT2D eigenvalue weighted by molar-refractivity contribution is 0.0697. The Morgan fingerprint density at radius 1 is 0.750 bits per heavy atom. The summed E-state index contributed by atoms with van der Waals surface area (Å²) in [5, 5.41) is 34.8. The summed E-state index contributed by atoms with van der Waals surface area (Å²) >= 11 is 0. The second-order valence-corrected chi connectivity index (χ2v) is 11.9. The largest absolute Gasteiger partial charge is 0.505 e. The molecule has 17 nitrogen and oxygen atoms in total. The Hall–Kier alpha value is -4.34. The first-order valence-corrected chi connectivity index (χ1v) is 14.5. The first-order valence-electron chi connectivity index (χ1n) is 10.2. The first-order chi connectivity index (χ1) is 18.4. The molecule has 7 N–H and O–H groups in total. The molecule has 212 valence electrons. The molecule has 20 heteroatoms.